The summed E-state index contributed by atoms with van der Waals surface area (Å²) in [6, 6.07) is 5.44. The van der Waals surface area contributed by atoms with Crippen LogP contribution in [0.15, 0.2) is 35.1 Å². The van der Waals surface area contributed by atoms with Gasteiger partial charge in [-0.15, -0.1) is 0 Å². The van der Waals surface area contributed by atoms with E-state index >= 15 is 0 Å². The first-order valence-corrected chi connectivity index (χ1v) is 4.76. The van der Waals surface area contributed by atoms with Crippen LogP contribution in [0.2, 0.25) is 5.15 Å². The Morgan fingerprint density at radius 3 is 2.69 bits per heavy atom. The monoisotopic (exact) mass is 257 g/mol. The van der Waals surface area contributed by atoms with Gasteiger partial charge >= 0.3 is 0 Å². The average molecular weight is 259 g/mol. The normalized spacial score (nSPS) is 10.3. The van der Waals surface area contributed by atoms with E-state index in [1.54, 1.807) is 23.1 Å². The summed E-state index contributed by atoms with van der Waals surface area (Å²) >= 11 is 9.16. The highest BCUT2D eigenvalue weighted by Gasteiger charge is 2.02. The lowest BCUT2D eigenvalue weighted by Crippen LogP contribution is -1.98. The van der Waals surface area contributed by atoms with Crippen molar-refractivity contribution in [2.75, 3.05) is 0 Å². The quantitative estimate of drug-likeness (QED) is 0.787. The molecular formula is C8H5BrClN3. The molecule has 0 aliphatic heterocycles. The maximum absolute atomic E-state index is 5.86. The molecule has 13 heavy (non-hydrogen) atoms. The molecule has 0 amide bonds. The molecule has 3 nitrogen and oxygen atoms in total. The van der Waals surface area contributed by atoms with Crippen molar-refractivity contribution in [3.05, 3.63) is 40.2 Å². The molecule has 0 saturated carbocycles. The summed E-state index contributed by atoms with van der Waals surface area (Å²) < 4.78 is 2.49. The fourth-order valence-corrected chi connectivity index (χ4v) is 1.37. The first-order chi connectivity index (χ1) is 6.27. The lowest BCUT2D eigenvalue weighted by molar-refractivity contribution is 0.847. The van der Waals surface area contributed by atoms with Crippen molar-refractivity contribution in [3.8, 4) is 5.82 Å². The van der Waals surface area contributed by atoms with Crippen molar-refractivity contribution in [2.45, 2.75) is 0 Å². The molecule has 0 atom stereocenters. The van der Waals surface area contributed by atoms with Gasteiger partial charge in [0.25, 0.3) is 0 Å². The Labute approximate surface area is 88.5 Å². The summed E-state index contributed by atoms with van der Waals surface area (Å²) in [5.41, 5.74) is 0. The second-order valence-electron chi connectivity index (χ2n) is 2.40. The molecule has 0 N–H and O–H groups in total. The van der Waals surface area contributed by atoms with Gasteiger partial charge in [-0.3, -0.25) is 0 Å². The van der Waals surface area contributed by atoms with Gasteiger partial charge in [0, 0.05) is 10.7 Å². The fourth-order valence-electron chi connectivity index (χ4n) is 0.949. The number of hydrogen-bond acceptors (Lipinski definition) is 2. The highest BCUT2D eigenvalue weighted by molar-refractivity contribution is 9.10. The Morgan fingerprint density at radius 2 is 2.15 bits per heavy atom. The summed E-state index contributed by atoms with van der Waals surface area (Å²) in [6.07, 6.45) is 3.33. The van der Waals surface area contributed by atoms with Crippen LogP contribution in [-0.4, -0.2) is 14.8 Å². The molecule has 0 aliphatic rings. The zero-order valence-corrected chi connectivity index (χ0v) is 8.83. The molecule has 0 saturated heterocycles. The second-order valence-corrected chi connectivity index (χ2v) is 3.70. The third kappa shape index (κ3) is 1.73. The zero-order valence-electron chi connectivity index (χ0n) is 6.48. The van der Waals surface area contributed by atoms with Crippen LogP contribution in [0.1, 0.15) is 0 Å². The fraction of sp³-hybridized carbons (Fsp3) is 0. The molecule has 0 fully saturated rings. The highest BCUT2D eigenvalue weighted by Crippen LogP contribution is 2.14. The maximum Gasteiger partial charge on any atom is 0.155 e. The number of rotatable bonds is 1. The minimum absolute atomic E-state index is 0.551. The van der Waals surface area contributed by atoms with E-state index in [1.165, 1.54) is 0 Å². The molecular weight excluding hydrogens is 253 g/mol. The van der Waals surface area contributed by atoms with Crippen molar-refractivity contribution in [1.82, 2.24) is 14.8 Å². The van der Waals surface area contributed by atoms with E-state index in [-0.39, 0.29) is 0 Å². The molecule has 0 spiro atoms. The predicted octanol–water partition coefficient (Wildman–Crippen LogP) is 2.68. The standard InChI is InChI=1S/C8H5BrClN3/c9-6-1-2-8(11-5-6)13-7(10)3-4-12-13/h1-5H. The Hall–Kier alpha value is -0.870. The maximum atomic E-state index is 5.86. The largest absolute Gasteiger partial charge is 0.236 e. The van der Waals surface area contributed by atoms with Gasteiger partial charge in [-0.2, -0.15) is 5.10 Å². The summed E-state index contributed by atoms with van der Waals surface area (Å²) in [5, 5.41) is 4.57. The van der Waals surface area contributed by atoms with Crippen molar-refractivity contribution in [3.63, 3.8) is 0 Å². The van der Waals surface area contributed by atoms with Crippen LogP contribution in [0.3, 0.4) is 0 Å². The number of pyridine rings is 1. The molecule has 5 heteroatoms. The molecule has 0 aliphatic carbocycles. The lowest BCUT2D eigenvalue weighted by Gasteiger charge is -2.00. The van der Waals surface area contributed by atoms with Crippen molar-refractivity contribution in [2.24, 2.45) is 0 Å². The van der Waals surface area contributed by atoms with Crippen LogP contribution in [0.4, 0.5) is 0 Å². The molecule has 2 aromatic heterocycles. The summed E-state index contributed by atoms with van der Waals surface area (Å²) in [4.78, 5) is 4.15. The third-order valence-electron chi connectivity index (χ3n) is 1.53. The van der Waals surface area contributed by atoms with Gasteiger partial charge in [-0.25, -0.2) is 9.67 Å². The first-order valence-electron chi connectivity index (χ1n) is 3.59. The topological polar surface area (TPSA) is 30.7 Å². The molecule has 2 aromatic rings. The molecule has 0 radical (unpaired) electrons. The highest BCUT2D eigenvalue weighted by atomic mass is 79.9. The van der Waals surface area contributed by atoms with Gasteiger partial charge in [-0.05, 0) is 34.1 Å². The van der Waals surface area contributed by atoms with Crippen molar-refractivity contribution < 1.29 is 0 Å². The first kappa shape index (κ1) is 8.72. The SMILES string of the molecule is Clc1ccnn1-c1ccc(Br)cn1. The van der Waals surface area contributed by atoms with Crippen LogP contribution in [0.25, 0.3) is 5.82 Å². The second kappa shape index (κ2) is 3.47. The minimum Gasteiger partial charge on any atom is -0.236 e. The third-order valence-corrected chi connectivity index (χ3v) is 2.28. The summed E-state index contributed by atoms with van der Waals surface area (Å²) in [6.45, 7) is 0. The number of halogens is 2. The average Bonchev–Trinajstić information content (AvgIpc) is 2.53. The van der Waals surface area contributed by atoms with Gasteiger partial charge < -0.3 is 0 Å². The molecule has 0 unspecified atom stereocenters. The lowest BCUT2D eigenvalue weighted by atomic mass is 10.5. The van der Waals surface area contributed by atoms with Crippen LogP contribution < -0.4 is 0 Å². The van der Waals surface area contributed by atoms with Gasteiger partial charge in [0.15, 0.2) is 5.82 Å². The number of aromatic nitrogens is 3. The smallest absolute Gasteiger partial charge is 0.155 e. The Bertz CT molecular complexity index is 410. The number of hydrogen-bond donors (Lipinski definition) is 0. The van der Waals surface area contributed by atoms with E-state index in [0.717, 1.165) is 4.47 Å². The van der Waals surface area contributed by atoms with Crippen LogP contribution in [0.5, 0.6) is 0 Å². The van der Waals surface area contributed by atoms with E-state index in [0.29, 0.717) is 11.0 Å². The van der Waals surface area contributed by atoms with Crippen LogP contribution >= 0.6 is 27.5 Å². The zero-order chi connectivity index (χ0) is 9.26. The molecule has 66 valence electrons. The van der Waals surface area contributed by atoms with E-state index in [9.17, 15) is 0 Å². The predicted molar refractivity (Wildman–Crippen MR) is 54.1 cm³/mol. The van der Waals surface area contributed by atoms with Crippen LogP contribution in [-0.2, 0) is 0 Å². The minimum atomic E-state index is 0.551. The van der Waals surface area contributed by atoms with E-state index in [4.69, 9.17) is 11.6 Å². The molecule has 0 aromatic carbocycles. The molecule has 2 rings (SSSR count). The van der Waals surface area contributed by atoms with E-state index < -0.39 is 0 Å². The molecule has 2 heterocycles. The van der Waals surface area contributed by atoms with Crippen molar-refractivity contribution in [1.29, 1.82) is 0 Å². The van der Waals surface area contributed by atoms with Gasteiger partial charge in [0.05, 0.1) is 6.20 Å². The van der Waals surface area contributed by atoms with Gasteiger partial charge in [0.1, 0.15) is 5.15 Å². The number of nitrogens with zero attached hydrogens (tertiary/aromatic N) is 3. The Balaban J connectivity index is 2.47. The van der Waals surface area contributed by atoms with Crippen molar-refractivity contribution >= 4 is 27.5 Å². The Morgan fingerprint density at radius 1 is 1.31 bits per heavy atom. The van der Waals surface area contributed by atoms with Crippen LogP contribution in [0, 0.1) is 0 Å². The summed E-state index contributed by atoms with van der Waals surface area (Å²) in [7, 11) is 0. The van der Waals surface area contributed by atoms with E-state index in [1.807, 2.05) is 12.1 Å². The Kier molecular flexibility index (Phi) is 2.33. The van der Waals surface area contributed by atoms with Gasteiger partial charge in [-0.1, -0.05) is 11.6 Å². The molecule has 0 bridgehead atoms. The summed E-state index contributed by atoms with van der Waals surface area (Å²) in [5.74, 6) is 0.707. The van der Waals surface area contributed by atoms with Gasteiger partial charge in [0.2, 0.25) is 0 Å². The van der Waals surface area contributed by atoms with E-state index in [2.05, 4.69) is 26.0 Å².